The Hall–Kier alpha value is -4.16. The second-order valence-corrected chi connectivity index (χ2v) is 8.05. The number of allylic oxidation sites excluding steroid dienone is 1. The average Bonchev–Trinajstić information content (AvgIpc) is 2.80. The third-order valence-corrected chi connectivity index (χ3v) is 5.17. The third kappa shape index (κ3) is 6.43. The molecule has 0 aliphatic heterocycles. The number of benzene rings is 2. The van der Waals surface area contributed by atoms with Crippen LogP contribution >= 0.6 is 12.6 Å². The first-order valence-corrected chi connectivity index (χ1v) is 10.7. The van der Waals surface area contributed by atoms with Crippen LogP contribution in [0.4, 0.5) is 15.8 Å². The van der Waals surface area contributed by atoms with Crippen molar-refractivity contribution in [3.05, 3.63) is 89.0 Å². The summed E-state index contributed by atoms with van der Waals surface area (Å²) in [4.78, 5) is 16.1. The van der Waals surface area contributed by atoms with Crippen LogP contribution in [0.1, 0.15) is 18.1 Å². The molecular formula is C25H23FN6OS. The van der Waals surface area contributed by atoms with Crippen LogP contribution in [-0.4, -0.2) is 22.6 Å². The van der Waals surface area contributed by atoms with E-state index < -0.39 is 17.8 Å². The van der Waals surface area contributed by atoms with Crippen molar-refractivity contribution >= 4 is 35.6 Å². The van der Waals surface area contributed by atoms with Gasteiger partial charge >= 0.3 is 0 Å². The molecule has 2 aromatic carbocycles. The summed E-state index contributed by atoms with van der Waals surface area (Å²) in [5, 5.41) is 22.9. The molecule has 172 valence electrons. The molecular weight excluding hydrogens is 451 g/mol. The summed E-state index contributed by atoms with van der Waals surface area (Å²) in [5.41, 5.74) is 9.02. The van der Waals surface area contributed by atoms with Gasteiger partial charge in [0.2, 0.25) is 5.91 Å². The van der Waals surface area contributed by atoms with Gasteiger partial charge in [-0.2, -0.15) is 5.26 Å². The molecule has 0 aliphatic carbocycles. The van der Waals surface area contributed by atoms with Crippen molar-refractivity contribution in [2.75, 3.05) is 10.6 Å². The van der Waals surface area contributed by atoms with Gasteiger partial charge in [0.1, 0.15) is 17.9 Å². The number of primary amides is 1. The van der Waals surface area contributed by atoms with E-state index in [4.69, 9.17) is 11.1 Å². The Balaban J connectivity index is 1.82. The normalized spacial score (nSPS) is 11.9. The summed E-state index contributed by atoms with van der Waals surface area (Å²) in [6.45, 7) is 1.57. The van der Waals surface area contributed by atoms with Crippen molar-refractivity contribution in [3.63, 3.8) is 0 Å². The molecule has 1 unspecified atom stereocenters. The highest BCUT2D eigenvalue weighted by atomic mass is 32.1. The SMILES string of the molecule is CC(=N)/C=C(\S)Nc1cc(NC(Cc2ccc(-c3ccncc3)cc2)C(N)=O)c(F)cc1C#N. The number of nitrogens with two attached hydrogens (primary N) is 1. The minimum absolute atomic E-state index is 0.00594. The fraction of sp³-hybridized carbons (Fsp3) is 0.120. The number of halogens is 1. The molecule has 7 nitrogen and oxygen atoms in total. The number of hydrogen-bond acceptors (Lipinski definition) is 7. The Bertz CT molecular complexity index is 1270. The van der Waals surface area contributed by atoms with Gasteiger partial charge in [-0.3, -0.25) is 9.78 Å². The maximum absolute atomic E-state index is 14.7. The van der Waals surface area contributed by atoms with Crippen molar-refractivity contribution in [1.29, 1.82) is 10.7 Å². The van der Waals surface area contributed by atoms with E-state index in [1.165, 1.54) is 12.1 Å². The van der Waals surface area contributed by atoms with Crippen molar-refractivity contribution < 1.29 is 9.18 Å². The largest absolute Gasteiger partial charge is 0.371 e. The zero-order chi connectivity index (χ0) is 24.7. The standard InChI is InChI=1S/C25H23FN6OS/c1-15(28)10-24(34)32-21-13-22(20(26)12-19(21)14-27)31-23(25(29)33)11-16-2-4-17(5-3-16)18-6-8-30-9-7-18/h2-10,12-13,23,28,31-32,34H,11H2,1H3,(H2,29,33)/b24-10-,28-15?. The zero-order valence-corrected chi connectivity index (χ0v) is 19.2. The average molecular weight is 475 g/mol. The molecule has 0 aliphatic rings. The van der Waals surface area contributed by atoms with Gasteiger partial charge in [0, 0.05) is 24.5 Å². The van der Waals surface area contributed by atoms with Crippen molar-refractivity contribution in [1.82, 2.24) is 4.98 Å². The molecule has 1 aromatic heterocycles. The van der Waals surface area contributed by atoms with Crippen molar-refractivity contribution in [2.24, 2.45) is 5.73 Å². The molecule has 0 saturated carbocycles. The lowest BCUT2D eigenvalue weighted by molar-refractivity contribution is -0.118. The molecule has 0 spiro atoms. The first kappa shape index (κ1) is 24.5. The topological polar surface area (TPSA) is 128 Å². The molecule has 1 atom stereocenters. The number of nitrogens with zero attached hydrogens (tertiary/aromatic N) is 2. The Morgan fingerprint density at radius 3 is 2.44 bits per heavy atom. The fourth-order valence-corrected chi connectivity index (χ4v) is 3.60. The van der Waals surface area contributed by atoms with Crippen LogP contribution in [0.25, 0.3) is 11.1 Å². The lowest BCUT2D eigenvalue weighted by Crippen LogP contribution is -2.37. The third-order valence-electron chi connectivity index (χ3n) is 4.92. The van der Waals surface area contributed by atoms with Gasteiger partial charge in [0.15, 0.2) is 0 Å². The van der Waals surface area contributed by atoms with Crippen LogP contribution in [-0.2, 0) is 11.2 Å². The van der Waals surface area contributed by atoms with Crippen molar-refractivity contribution in [2.45, 2.75) is 19.4 Å². The van der Waals surface area contributed by atoms with E-state index in [1.807, 2.05) is 42.5 Å². The maximum Gasteiger partial charge on any atom is 0.240 e. The van der Waals surface area contributed by atoms with E-state index in [-0.39, 0.29) is 29.1 Å². The Morgan fingerprint density at radius 2 is 1.85 bits per heavy atom. The lowest BCUT2D eigenvalue weighted by atomic mass is 10.0. The molecule has 0 fully saturated rings. The molecule has 9 heteroatoms. The Kier molecular flexibility index (Phi) is 8.01. The monoisotopic (exact) mass is 474 g/mol. The molecule has 1 amide bonds. The number of nitriles is 1. The number of anilines is 2. The molecule has 5 N–H and O–H groups in total. The number of amides is 1. The van der Waals surface area contributed by atoms with Gasteiger partial charge in [-0.15, -0.1) is 12.6 Å². The summed E-state index contributed by atoms with van der Waals surface area (Å²) < 4.78 is 14.7. The van der Waals surface area contributed by atoms with Crippen LogP contribution in [0.5, 0.6) is 0 Å². The van der Waals surface area contributed by atoms with E-state index in [1.54, 1.807) is 19.3 Å². The molecule has 0 saturated heterocycles. The van der Waals surface area contributed by atoms with E-state index in [0.717, 1.165) is 22.8 Å². The maximum atomic E-state index is 14.7. The summed E-state index contributed by atoms with van der Waals surface area (Å²) in [6.07, 6.45) is 5.11. The highest BCUT2D eigenvalue weighted by Crippen LogP contribution is 2.27. The number of pyridine rings is 1. The number of thiol groups is 1. The summed E-state index contributed by atoms with van der Waals surface area (Å²) in [6, 6.07) is 14.9. The molecule has 3 aromatic rings. The minimum atomic E-state index is -0.892. The van der Waals surface area contributed by atoms with E-state index in [9.17, 15) is 14.4 Å². The lowest BCUT2D eigenvalue weighted by Gasteiger charge is -2.19. The molecule has 0 bridgehead atoms. The number of carbonyl (C=O) groups excluding carboxylic acids is 1. The van der Waals surface area contributed by atoms with Gasteiger partial charge in [-0.25, -0.2) is 4.39 Å². The number of hydrogen-bond donors (Lipinski definition) is 5. The van der Waals surface area contributed by atoms with E-state index >= 15 is 0 Å². The molecule has 0 radical (unpaired) electrons. The number of nitrogens with one attached hydrogen (secondary N) is 3. The van der Waals surface area contributed by atoms with Crippen LogP contribution in [0, 0.1) is 22.6 Å². The smallest absolute Gasteiger partial charge is 0.240 e. The van der Waals surface area contributed by atoms with Crippen molar-refractivity contribution in [3.8, 4) is 17.2 Å². The van der Waals surface area contributed by atoms with Gasteiger partial charge in [-0.05, 0) is 54.0 Å². The highest BCUT2D eigenvalue weighted by Gasteiger charge is 2.19. The van der Waals surface area contributed by atoms with Gasteiger partial charge in [-0.1, -0.05) is 24.3 Å². The van der Waals surface area contributed by atoms with Crippen LogP contribution in [0.3, 0.4) is 0 Å². The predicted octanol–water partition coefficient (Wildman–Crippen LogP) is 4.49. The fourth-order valence-electron chi connectivity index (χ4n) is 3.28. The van der Waals surface area contributed by atoms with E-state index in [0.29, 0.717) is 5.03 Å². The number of carbonyl (C=O) groups is 1. The number of rotatable bonds is 9. The quantitative estimate of drug-likeness (QED) is 0.231. The predicted molar refractivity (Wildman–Crippen MR) is 135 cm³/mol. The Morgan fingerprint density at radius 1 is 1.21 bits per heavy atom. The van der Waals surface area contributed by atoms with Gasteiger partial charge < -0.3 is 21.8 Å². The van der Waals surface area contributed by atoms with E-state index in [2.05, 4.69) is 28.2 Å². The van der Waals surface area contributed by atoms with Crippen LogP contribution in [0.15, 0.2) is 72.0 Å². The van der Waals surface area contributed by atoms with Crippen LogP contribution in [0.2, 0.25) is 0 Å². The van der Waals surface area contributed by atoms with Gasteiger partial charge in [0.05, 0.1) is 22.0 Å². The second-order valence-electron chi connectivity index (χ2n) is 7.56. The van der Waals surface area contributed by atoms with Crippen LogP contribution < -0.4 is 16.4 Å². The summed E-state index contributed by atoms with van der Waals surface area (Å²) >= 11 is 4.24. The second kappa shape index (κ2) is 11.1. The number of aromatic nitrogens is 1. The molecule has 34 heavy (non-hydrogen) atoms. The molecule has 3 rings (SSSR count). The zero-order valence-electron chi connectivity index (χ0n) is 18.3. The Labute approximate surface area is 202 Å². The highest BCUT2D eigenvalue weighted by molar-refractivity contribution is 7.84. The summed E-state index contributed by atoms with van der Waals surface area (Å²) in [7, 11) is 0. The first-order chi connectivity index (χ1) is 16.3. The first-order valence-electron chi connectivity index (χ1n) is 10.3. The molecule has 1 heterocycles. The van der Waals surface area contributed by atoms with Gasteiger partial charge in [0.25, 0.3) is 0 Å². The summed E-state index contributed by atoms with van der Waals surface area (Å²) in [5.74, 6) is -1.35. The minimum Gasteiger partial charge on any atom is -0.371 e.